The molecule has 0 amide bonds. The summed E-state index contributed by atoms with van der Waals surface area (Å²) in [6.07, 6.45) is 0. The lowest BCUT2D eigenvalue weighted by atomic mass is 9.84. The molecule has 0 aromatic heterocycles. The number of hydrogen-bond donors (Lipinski definition) is 0. The third-order valence-corrected chi connectivity index (χ3v) is 0.445. The zero-order chi connectivity index (χ0) is 5.86. The van der Waals surface area contributed by atoms with Gasteiger partial charge in [0.15, 0.2) is 10.3 Å². The van der Waals surface area contributed by atoms with Crippen LogP contribution in [-0.2, 0) is 0 Å². The zero-order valence-electron chi connectivity index (χ0n) is 3.15. The van der Waals surface area contributed by atoms with E-state index in [9.17, 15) is 9.59 Å². The van der Waals surface area contributed by atoms with Gasteiger partial charge in [0, 0.05) is 0 Å². The van der Waals surface area contributed by atoms with Gasteiger partial charge in [-0.1, -0.05) is 23.2 Å². The van der Waals surface area contributed by atoms with Gasteiger partial charge in [0.1, 0.15) is 0 Å². The molecule has 2 nitrogen and oxygen atoms in total. The van der Waals surface area contributed by atoms with E-state index in [-0.39, 0.29) is 0 Å². The first-order valence-electron chi connectivity index (χ1n) is 1.36. The molecule has 0 rings (SSSR count). The molecule has 5 heteroatoms. The Balaban J connectivity index is 3.32. The van der Waals surface area contributed by atoms with E-state index in [1.165, 1.54) is 0 Å². The van der Waals surface area contributed by atoms with Crippen LogP contribution in [0, 0.1) is 0 Å². The minimum Gasteiger partial charge on any atom is -0.294 e. The molecular formula is C2BCl2O2. The van der Waals surface area contributed by atoms with Gasteiger partial charge < -0.3 is 0 Å². The lowest BCUT2D eigenvalue weighted by Crippen LogP contribution is -2.04. The van der Waals surface area contributed by atoms with E-state index < -0.39 is 10.3 Å². The van der Waals surface area contributed by atoms with Crippen LogP contribution in [-0.4, -0.2) is 17.6 Å². The number of rotatable bonds is 2. The Morgan fingerprint density at radius 1 is 1.14 bits per heavy atom. The molecule has 0 aliphatic carbocycles. The van der Waals surface area contributed by atoms with Crippen LogP contribution in [0.2, 0.25) is 0 Å². The van der Waals surface area contributed by atoms with Crippen molar-refractivity contribution in [2.75, 3.05) is 0 Å². The van der Waals surface area contributed by atoms with E-state index >= 15 is 0 Å². The minimum atomic E-state index is -0.847. The largest absolute Gasteiger partial charge is 0.335 e. The second-order valence-electron chi connectivity index (χ2n) is 0.753. The van der Waals surface area contributed by atoms with Crippen molar-refractivity contribution < 1.29 is 9.59 Å². The van der Waals surface area contributed by atoms with Crippen molar-refractivity contribution in [1.82, 2.24) is 0 Å². The lowest BCUT2D eigenvalue weighted by molar-refractivity contribution is 0.271. The fraction of sp³-hybridized carbons (Fsp3) is 0. The minimum absolute atomic E-state index is 0.586. The molecule has 0 aliphatic rings. The molecule has 37 valence electrons. The zero-order valence-corrected chi connectivity index (χ0v) is 4.66. The van der Waals surface area contributed by atoms with Gasteiger partial charge >= 0.3 is 7.28 Å². The highest BCUT2D eigenvalue weighted by molar-refractivity contribution is 7.20. The quantitative estimate of drug-likeness (QED) is 0.426. The Labute approximate surface area is 51.0 Å². The first kappa shape index (κ1) is 6.98. The predicted octanol–water partition coefficient (Wildman–Crippen LogP) is 1.41. The smallest absolute Gasteiger partial charge is 0.294 e. The van der Waals surface area contributed by atoms with Crippen LogP contribution in [0.15, 0.2) is 0 Å². The Bertz CT molecular complexity index is 89.9. The summed E-state index contributed by atoms with van der Waals surface area (Å²) >= 11 is 9.35. The van der Waals surface area contributed by atoms with E-state index in [0.29, 0.717) is 7.28 Å². The van der Waals surface area contributed by atoms with Crippen molar-refractivity contribution >= 4 is 40.8 Å². The molecule has 0 aromatic carbocycles. The van der Waals surface area contributed by atoms with Gasteiger partial charge in [-0.25, -0.2) is 0 Å². The Morgan fingerprint density at radius 3 is 1.43 bits per heavy atom. The molecule has 1 radical (unpaired) electrons. The summed E-state index contributed by atoms with van der Waals surface area (Å²) < 4.78 is 0. The summed E-state index contributed by atoms with van der Waals surface area (Å²) in [5, 5.41) is -1.69. The van der Waals surface area contributed by atoms with Crippen LogP contribution in [0.3, 0.4) is 0 Å². The van der Waals surface area contributed by atoms with Gasteiger partial charge in [-0.05, 0) is 0 Å². The van der Waals surface area contributed by atoms with Gasteiger partial charge in [-0.3, -0.25) is 9.59 Å². The highest BCUT2D eigenvalue weighted by Crippen LogP contribution is 1.85. The van der Waals surface area contributed by atoms with Gasteiger partial charge in [-0.15, -0.1) is 0 Å². The molecule has 0 bridgehead atoms. The van der Waals surface area contributed by atoms with Crippen LogP contribution in [0.1, 0.15) is 0 Å². The summed E-state index contributed by atoms with van der Waals surface area (Å²) in [6.45, 7) is 0. The van der Waals surface area contributed by atoms with E-state index in [1.807, 2.05) is 0 Å². The van der Waals surface area contributed by atoms with Crippen molar-refractivity contribution in [2.24, 2.45) is 0 Å². The number of hydrogen-bond acceptors (Lipinski definition) is 2. The summed E-state index contributed by atoms with van der Waals surface area (Å²) in [4.78, 5) is 19.3. The molecular weight excluding hydrogens is 138 g/mol. The van der Waals surface area contributed by atoms with Gasteiger partial charge in [-0.2, -0.15) is 0 Å². The standard InChI is InChI=1S/C2BCl2O2/c4-1(6)3-2(5)7. The second-order valence-corrected chi connectivity index (χ2v) is 1.50. The topological polar surface area (TPSA) is 34.1 Å². The average Bonchev–Trinajstić information content (AvgIpc) is 1.27. The molecule has 0 atom stereocenters. The number of halogens is 2. The number of carbonyl (C=O) groups excluding carboxylic acids is 2. The monoisotopic (exact) mass is 137 g/mol. The Kier molecular flexibility index (Phi) is 3.04. The third-order valence-electron chi connectivity index (χ3n) is 0.227. The second kappa shape index (κ2) is 3.05. The molecule has 0 saturated heterocycles. The van der Waals surface area contributed by atoms with E-state index in [0.717, 1.165) is 0 Å². The summed E-state index contributed by atoms with van der Waals surface area (Å²) in [7, 11) is 0.586. The Morgan fingerprint density at radius 2 is 1.43 bits per heavy atom. The predicted molar refractivity (Wildman–Crippen MR) is 28.3 cm³/mol. The average molecular weight is 138 g/mol. The molecule has 0 heterocycles. The van der Waals surface area contributed by atoms with Crippen LogP contribution in [0.4, 0.5) is 9.59 Å². The van der Waals surface area contributed by atoms with Gasteiger partial charge in [0.2, 0.25) is 0 Å². The molecule has 0 saturated carbocycles. The number of carbonyl (C=O) groups is 2. The lowest BCUT2D eigenvalue weighted by Gasteiger charge is -1.73. The van der Waals surface area contributed by atoms with Crippen molar-refractivity contribution in [3.63, 3.8) is 0 Å². The van der Waals surface area contributed by atoms with Crippen LogP contribution >= 0.6 is 23.2 Å². The van der Waals surface area contributed by atoms with Crippen molar-refractivity contribution in [3.05, 3.63) is 0 Å². The first-order chi connectivity index (χ1) is 3.13. The molecule has 0 spiro atoms. The van der Waals surface area contributed by atoms with Crippen molar-refractivity contribution in [1.29, 1.82) is 0 Å². The van der Waals surface area contributed by atoms with Crippen molar-refractivity contribution in [2.45, 2.75) is 0 Å². The normalized spacial score (nSPS) is 7.71. The highest BCUT2D eigenvalue weighted by Gasteiger charge is 2.05. The SMILES string of the molecule is O=C(Cl)[B]C(=O)Cl. The maximum absolute atomic E-state index is 9.66. The molecule has 0 aliphatic heterocycles. The third kappa shape index (κ3) is 5.98. The van der Waals surface area contributed by atoms with E-state index in [1.54, 1.807) is 0 Å². The van der Waals surface area contributed by atoms with Crippen LogP contribution in [0.25, 0.3) is 0 Å². The molecule has 0 aromatic rings. The maximum atomic E-state index is 9.66. The van der Waals surface area contributed by atoms with Crippen LogP contribution < -0.4 is 0 Å². The first-order valence-corrected chi connectivity index (χ1v) is 2.12. The van der Waals surface area contributed by atoms with Gasteiger partial charge in [0.05, 0.1) is 0 Å². The van der Waals surface area contributed by atoms with Gasteiger partial charge in [0.25, 0.3) is 0 Å². The maximum Gasteiger partial charge on any atom is 0.335 e. The summed E-state index contributed by atoms with van der Waals surface area (Å²) in [6, 6.07) is 0. The fourth-order valence-electron chi connectivity index (χ4n) is 0.0892. The molecule has 0 unspecified atom stereocenters. The van der Waals surface area contributed by atoms with E-state index in [2.05, 4.69) is 23.2 Å². The molecule has 0 N–H and O–H groups in total. The highest BCUT2D eigenvalue weighted by atomic mass is 35.5. The summed E-state index contributed by atoms with van der Waals surface area (Å²) in [5.41, 5.74) is 0. The summed E-state index contributed by atoms with van der Waals surface area (Å²) in [5.74, 6) is 0. The van der Waals surface area contributed by atoms with E-state index in [4.69, 9.17) is 0 Å². The molecule has 0 fully saturated rings. The molecule has 7 heavy (non-hydrogen) atoms. The Hall–Kier alpha value is -0.0151. The van der Waals surface area contributed by atoms with Crippen LogP contribution in [0.5, 0.6) is 0 Å². The fourth-order valence-corrected chi connectivity index (χ4v) is 0.343. The van der Waals surface area contributed by atoms with Crippen molar-refractivity contribution in [3.8, 4) is 0 Å².